The minimum atomic E-state index is -0.299. The van der Waals surface area contributed by atoms with E-state index in [9.17, 15) is 9.59 Å². The molecule has 0 spiro atoms. The van der Waals surface area contributed by atoms with E-state index in [1.54, 1.807) is 49.7 Å². The Kier molecular flexibility index (Phi) is 5.36. The summed E-state index contributed by atoms with van der Waals surface area (Å²) in [5, 5.41) is 0. The molecular weight excluding hydrogens is 282 g/mol. The molecule has 0 aliphatic heterocycles. The van der Waals surface area contributed by atoms with Crippen LogP contribution in [0.4, 0.5) is 0 Å². The fourth-order valence-electron chi connectivity index (χ4n) is 2.00. The second kappa shape index (κ2) is 7.45. The molecule has 0 amide bonds. The van der Waals surface area contributed by atoms with Gasteiger partial charge < -0.3 is 14.0 Å². The van der Waals surface area contributed by atoms with Crippen LogP contribution in [0.25, 0.3) is 0 Å². The number of Topliss-reactive ketones (excluding diaryl/α,β-unsaturated/α-hetero) is 1. The average molecular weight is 301 g/mol. The van der Waals surface area contributed by atoms with Gasteiger partial charge in [-0.3, -0.25) is 9.59 Å². The number of benzene rings is 1. The van der Waals surface area contributed by atoms with E-state index in [1.165, 1.54) is 4.57 Å². The number of hydrogen-bond donors (Lipinski definition) is 0. The first-order valence-corrected chi connectivity index (χ1v) is 7.15. The van der Waals surface area contributed by atoms with Gasteiger partial charge in [0.2, 0.25) is 0 Å². The molecule has 1 aromatic carbocycles. The summed E-state index contributed by atoms with van der Waals surface area (Å²) >= 11 is 0. The van der Waals surface area contributed by atoms with Gasteiger partial charge in [0.1, 0.15) is 5.75 Å². The van der Waals surface area contributed by atoms with Crippen molar-refractivity contribution in [3.8, 4) is 11.5 Å². The number of carbonyl (C=O) groups excluding carboxylic acids is 1. The topological polar surface area (TPSA) is 57.5 Å². The van der Waals surface area contributed by atoms with Crippen LogP contribution in [0.5, 0.6) is 11.5 Å². The second-order valence-corrected chi connectivity index (χ2v) is 4.81. The van der Waals surface area contributed by atoms with Gasteiger partial charge in [-0.2, -0.15) is 0 Å². The Labute approximate surface area is 129 Å². The van der Waals surface area contributed by atoms with Crippen molar-refractivity contribution in [1.29, 1.82) is 0 Å². The Morgan fingerprint density at radius 2 is 2.05 bits per heavy atom. The number of methoxy groups -OCH3 is 1. The Bertz CT molecular complexity index is 706. The molecule has 22 heavy (non-hydrogen) atoms. The molecule has 0 fully saturated rings. The fraction of sp³-hybridized carbons (Fsp3) is 0.294. The summed E-state index contributed by atoms with van der Waals surface area (Å²) in [4.78, 5) is 24.5. The highest BCUT2D eigenvalue weighted by Gasteiger charge is 2.11. The molecule has 0 bridgehead atoms. The third-order valence-corrected chi connectivity index (χ3v) is 3.15. The monoisotopic (exact) mass is 301 g/mol. The van der Waals surface area contributed by atoms with Crippen LogP contribution >= 0.6 is 0 Å². The number of aromatic nitrogens is 1. The fourth-order valence-corrected chi connectivity index (χ4v) is 2.00. The van der Waals surface area contributed by atoms with Crippen LogP contribution in [0.1, 0.15) is 23.7 Å². The van der Waals surface area contributed by atoms with Crippen molar-refractivity contribution in [2.24, 2.45) is 0 Å². The lowest BCUT2D eigenvalue weighted by Crippen LogP contribution is -2.25. The molecule has 0 atom stereocenters. The van der Waals surface area contributed by atoms with E-state index in [-0.39, 0.29) is 23.6 Å². The molecule has 5 heteroatoms. The summed E-state index contributed by atoms with van der Waals surface area (Å²) in [5.74, 6) is 0.717. The largest absolute Gasteiger partial charge is 0.497 e. The van der Waals surface area contributed by atoms with Crippen molar-refractivity contribution in [3.63, 3.8) is 0 Å². The van der Waals surface area contributed by atoms with Gasteiger partial charge in [0.15, 0.2) is 11.5 Å². The van der Waals surface area contributed by atoms with E-state index >= 15 is 0 Å². The standard InChI is InChI=1S/C17H19NO4/c1-3-10-22-16-8-5-9-18(17(16)20)12-15(19)13-6-4-7-14(11-13)21-2/h4-9,11H,3,10,12H2,1-2H3. The smallest absolute Gasteiger partial charge is 0.293 e. The average Bonchev–Trinajstić information content (AvgIpc) is 2.55. The van der Waals surface area contributed by atoms with Gasteiger partial charge >= 0.3 is 0 Å². The maximum Gasteiger partial charge on any atom is 0.293 e. The Balaban J connectivity index is 2.19. The highest BCUT2D eigenvalue weighted by atomic mass is 16.5. The van der Waals surface area contributed by atoms with Gasteiger partial charge in [0.25, 0.3) is 5.56 Å². The van der Waals surface area contributed by atoms with Crippen molar-refractivity contribution in [2.75, 3.05) is 13.7 Å². The molecule has 5 nitrogen and oxygen atoms in total. The summed E-state index contributed by atoms with van der Waals surface area (Å²) in [7, 11) is 1.54. The Morgan fingerprint density at radius 1 is 1.23 bits per heavy atom. The number of ether oxygens (including phenoxy) is 2. The maximum atomic E-state index is 12.3. The molecule has 0 N–H and O–H groups in total. The van der Waals surface area contributed by atoms with E-state index < -0.39 is 0 Å². The molecule has 0 aliphatic rings. The molecule has 0 saturated heterocycles. The molecule has 2 rings (SSSR count). The zero-order valence-electron chi connectivity index (χ0n) is 12.7. The van der Waals surface area contributed by atoms with Crippen molar-refractivity contribution in [3.05, 3.63) is 58.5 Å². The van der Waals surface area contributed by atoms with E-state index in [2.05, 4.69) is 0 Å². The molecule has 2 aromatic rings. The summed E-state index contributed by atoms with van der Waals surface area (Å²) < 4.78 is 11.8. The first kappa shape index (κ1) is 15.8. The van der Waals surface area contributed by atoms with E-state index in [0.29, 0.717) is 17.9 Å². The lowest BCUT2D eigenvalue weighted by Gasteiger charge is -2.09. The predicted octanol–water partition coefficient (Wildman–Crippen LogP) is 2.53. The SMILES string of the molecule is CCCOc1cccn(CC(=O)c2cccc(OC)c2)c1=O. The van der Waals surface area contributed by atoms with Crippen molar-refractivity contribution < 1.29 is 14.3 Å². The number of pyridine rings is 1. The number of rotatable bonds is 7. The molecular formula is C17H19NO4. The number of ketones is 1. The van der Waals surface area contributed by atoms with E-state index in [1.807, 2.05) is 6.92 Å². The van der Waals surface area contributed by atoms with E-state index in [0.717, 1.165) is 6.42 Å². The van der Waals surface area contributed by atoms with Crippen LogP contribution in [0.2, 0.25) is 0 Å². The van der Waals surface area contributed by atoms with Crippen molar-refractivity contribution >= 4 is 5.78 Å². The van der Waals surface area contributed by atoms with Gasteiger partial charge in [-0.25, -0.2) is 0 Å². The molecule has 1 heterocycles. The molecule has 116 valence electrons. The number of nitrogens with zero attached hydrogens (tertiary/aromatic N) is 1. The zero-order chi connectivity index (χ0) is 15.9. The van der Waals surface area contributed by atoms with Crippen LogP contribution in [-0.2, 0) is 6.54 Å². The molecule has 0 unspecified atom stereocenters. The molecule has 1 aromatic heterocycles. The maximum absolute atomic E-state index is 12.3. The molecule has 0 radical (unpaired) electrons. The Morgan fingerprint density at radius 3 is 2.77 bits per heavy atom. The van der Waals surface area contributed by atoms with Crippen LogP contribution in [-0.4, -0.2) is 24.1 Å². The van der Waals surface area contributed by atoms with Crippen LogP contribution in [0.15, 0.2) is 47.4 Å². The van der Waals surface area contributed by atoms with Gasteiger partial charge in [0.05, 0.1) is 20.3 Å². The zero-order valence-corrected chi connectivity index (χ0v) is 12.7. The normalized spacial score (nSPS) is 10.3. The second-order valence-electron chi connectivity index (χ2n) is 4.81. The van der Waals surface area contributed by atoms with Gasteiger partial charge in [0, 0.05) is 11.8 Å². The third-order valence-electron chi connectivity index (χ3n) is 3.15. The van der Waals surface area contributed by atoms with Crippen molar-refractivity contribution in [2.45, 2.75) is 19.9 Å². The first-order chi connectivity index (χ1) is 10.7. The molecule has 0 saturated carbocycles. The first-order valence-electron chi connectivity index (χ1n) is 7.15. The van der Waals surface area contributed by atoms with Crippen molar-refractivity contribution in [1.82, 2.24) is 4.57 Å². The summed E-state index contributed by atoms with van der Waals surface area (Å²) in [6, 6.07) is 10.2. The number of carbonyl (C=O) groups is 1. The lowest BCUT2D eigenvalue weighted by molar-refractivity contribution is 0.0970. The minimum Gasteiger partial charge on any atom is -0.497 e. The third kappa shape index (κ3) is 3.75. The van der Waals surface area contributed by atoms with E-state index in [4.69, 9.17) is 9.47 Å². The van der Waals surface area contributed by atoms with Gasteiger partial charge in [-0.15, -0.1) is 0 Å². The van der Waals surface area contributed by atoms with Crippen LogP contribution in [0.3, 0.4) is 0 Å². The predicted molar refractivity (Wildman–Crippen MR) is 83.8 cm³/mol. The summed E-state index contributed by atoms with van der Waals surface area (Å²) in [6.45, 7) is 2.41. The minimum absolute atomic E-state index is 0.0324. The highest BCUT2D eigenvalue weighted by molar-refractivity contribution is 5.96. The van der Waals surface area contributed by atoms with Gasteiger partial charge in [-0.1, -0.05) is 19.1 Å². The summed E-state index contributed by atoms with van der Waals surface area (Å²) in [5.41, 5.74) is 0.207. The number of hydrogen-bond acceptors (Lipinski definition) is 4. The highest BCUT2D eigenvalue weighted by Crippen LogP contribution is 2.13. The summed E-state index contributed by atoms with van der Waals surface area (Å²) in [6.07, 6.45) is 2.40. The van der Waals surface area contributed by atoms with Crippen LogP contribution in [0, 0.1) is 0 Å². The molecule has 0 aliphatic carbocycles. The van der Waals surface area contributed by atoms with Crippen LogP contribution < -0.4 is 15.0 Å². The quantitative estimate of drug-likeness (QED) is 0.737. The van der Waals surface area contributed by atoms with Gasteiger partial charge in [-0.05, 0) is 30.7 Å². The lowest BCUT2D eigenvalue weighted by atomic mass is 10.1. The Hall–Kier alpha value is -2.56.